The molecule has 0 saturated carbocycles. The van der Waals surface area contributed by atoms with Crippen LogP contribution in [0.5, 0.6) is 0 Å². The second-order valence-corrected chi connectivity index (χ2v) is 6.20. The predicted octanol–water partition coefficient (Wildman–Crippen LogP) is 1.79. The molecular weight excluding hydrogens is 322 g/mol. The Hall–Kier alpha value is -2.38. The molecule has 0 unspecified atom stereocenters. The van der Waals surface area contributed by atoms with E-state index in [1.165, 1.54) is 6.92 Å². The summed E-state index contributed by atoms with van der Waals surface area (Å²) in [6.45, 7) is 2.02. The molecule has 7 nitrogen and oxygen atoms in total. The lowest BCUT2D eigenvalue weighted by molar-refractivity contribution is -0.201. The van der Waals surface area contributed by atoms with Gasteiger partial charge in [0.1, 0.15) is 6.04 Å². The molecule has 1 saturated heterocycles. The molecule has 134 valence electrons. The fourth-order valence-electron chi connectivity index (χ4n) is 2.97. The van der Waals surface area contributed by atoms with Gasteiger partial charge in [0.05, 0.1) is 0 Å². The maximum atomic E-state index is 12.5. The molecule has 3 N–H and O–H groups in total. The molecule has 3 rings (SSSR count). The van der Waals surface area contributed by atoms with Gasteiger partial charge >= 0.3 is 0 Å². The molecule has 2 heterocycles. The van der Waals surface area contributed by atoms with Crippen LogP contribution in [0.3, 0.4) is 0 Å². The number of hydrogen-bond donors (Lipinski definition) is 3. The Bertz CT molecular complexity index is 737. The molecule has 0 radical (unpaired) electrons. The molecule has 2 aromatic rings. The lowest BCUT2D eigenvalue weighted by Crippen LogP contribution is -2.48. The van der Waals surface area contributed by atoms with Crippen LogP contribution in [0.2, 0.25) is 0 Å². The topological polar surface area (TPSA) is 92.5 Å². The van der Waals surface area contributed by atoms with Gasteiger partial charge in [-0.1, -0.05) is 18.2 Å². The third kappa shape index (κ3) is 4.58. The summed E-state index contributed by atoms with van der Waals surface area (Å²) in [4.78, 5) is 32.5. The molecule has 7 heteroatoms. The summed E-state index contributed by atoms with van der Waals surface area (Å²) in [6, 6.07) is 7.11. The van der Waals surface area contributed by atoms with Gasteiger partial charge in [0, 0.05) is 43.5 Å². The van der Waals surface area contributed by atoms with Crippen LogP contribution in [-0.4, -0.2) is 35.7 Å². The molecule has 25 heavy (non-hydrogen) atoms. The van der Waals surface area contributed by atoms with Crippen LogP contribution in [0, 0.1) is 0 Å². The van der Waals surface area contributed by atoms with Crippen molar-refractivity contribution < 1.29 is 19.2 Å². The van der Waals surface area contributed by atoms with Crippen LogP contribution in [0.1, 0.15) is 31.7 Å². The fourth-order valence-corrected chi connectivity index (χ4v) is 2.97. The van der Waals surface area contributed by atoms with Crippen molar-refractivity contribution in [2.24, 2.45) is 0 Å². The molecule has 2 atom stereocenters. The van der Waals surface area contributed by atoms with E-state index in [4.69, 9.17) is 9.57 Å². The first-order chi connectivity index (χ1) is 12.1. The number of ether oxygens (including phenoxy) is 1. The standard InChI is InChI=1S/C18H23N3O4/c1-12(22)20-16(18(23)21-25-17-8-4-5-9-24-17)10-13-11-19-15-7-3-2-6-14(13)15/h2-3,6-7,11,16-17,19H,4-5,8-10H2,1H3,(H,20,22)(H,21,23)/t16-,17-/m0/s1. The first-order valence-electron chi connectivity index (χ1n) is 8.52. The maximum Gasteiger partial charge on any atom is 0.266 e. The zero-order valence-corrected chi connectivity index (χ0v) is 14.2. The van der Waals surface area contributed by atoms with Gasteiger partial charge in [-0.25, -0.2) is 10.3 Å². The van der Waals surface area contributed by atoms with Crippen molar-refractivity contribution in [1.82, 2.24) is 15.8 Å². The molecule has 0 aliphatic carbocycles. The summed E-state index contributed by atoms with van der Waals surface area (Å²) in [5.74, 6) is -0.663. The monoisotopic (exact) mass is 345 g/mol. The number of amides is 2. The Morgan fingerprint density at radius 2 is 2.20 bits per heavy atom. The zero-order chi connectivity index (χ0) is 17.6. The number of rotatable bonds is 6. The highest BCUT2D eigenvalue weighted by Gasteiger charge is 2.23. The second kappa shape index (κ2) is 8.13. The summed E-state index contributed by atoms with van der Waals surface area (Å²) in [6.07, 6.45) is 4.55. The van der Waals surface area contributed by atoms with Gasteiger partial charge in [0.25, 0.3) is 5.91 Å². The lowest BCUT2D eigenvalue weighted by Gasteiger charge is -2.24. The Kier molecular flexibility index (Phi) is 5.67. The van der Waals surface area contributed by atoms with Gasteiger partial charge in [0.15, 0.2) is 6.29 Å². The van der Waals surface area contributed by atoms with Crippen molar-refractivity contribution in [3.63, 3.8) is 0 Å². The van der Waals surface area contributed by atoms with Crippen LogP contribution >= 0.6 is 0 Å². The van der Waals surface area contributed by atoms with Gasteiger partial charge in [0.2, 0.25) is 5.91 Å². The number of para-hydroxylation sites is 1. The minimum absolute atomic E-state index is 0.270. The third-order valence-electron chi connectivity index (χ3n) is 4.22. The quantitative estimate of drug-likeness (QED) is 0.696. The molecule has 2 amide bonds. The van der Waals surface area contributed by atoms with Gasteiger partial charge in [-0.3, -0.25) is 9.59 Å². The molecule has 1 aromatic carbocycles. The first-order valence-corrected chi connectivity index (χ1v) is 8.52. The van der Waals surface area contributed by atoms with Crippen molar-refractivity contribution in [2.45, 2.75) is 44.9 Å². The second-order valence-electron chi connectivity index (χ2n) is 6.20. The number of hydrogen-bond acceptors (Lipinski definition) is 4. The number of fused-ring (bicyclic) bond motifs is 1. The number of carbonyl (C=O) groups is 2. The number of hydroxylamine groups is 1. The van der Waals surface area contributed by atoms with Crippen molar-refractivity contribution in [3.05, 3.63) is 36.0 Å². The summed E-state index contributed by atoms with van der Waals surface area (Å²) >= 11 is 0. The number of nitrogens with one attached hydrogen (secondary N) is 3. The number of carbonyl (C=O) groups excluding carboxylic acids is 2. The lowest BCUT2D eigenvalue weighted by atomic mass is 10.0. The Labute approximate surface area is 146 Å². The van der Waals surface area contributed by atoms with Crippen LogP contribution in [0.25, 0.3) is 10.9 Å². The molecule has 1 aliphatic rings. The van der Waals surface area contributed by atoms with Gasteiger partial charge in [-0.2, -0.15) is 0 Å². The van der Waals surface area contributed by atoms with E-state index in [2.05, 4.69) is 15.8 Å². The van der Waals surface area contributed by atoms with Gasteiger partial charge < -0.3 is 15.0 Å². The van der Waals surface area contributed by atoms with E-state index in [1.807, 2.05) is 30.5 Å². The number of aromatic amines is 1. The maximum absolute atomic E-state index is 12.5. The van der Waals surface area contributed by atoms with E-state index < -0.39 is 18.2 Å². The smallest absolute Gasteiger partial charge is 0.266 e. The molecular formula is C18H23N3O4. The molecule has 1 aromatic heterocycles. The van der Waals surface area contributed by atoms with Crippen LogP contribution < -0.4 is 10.8 Å². The number of aromatic nitrogens is 1. The zero-order valence-electron chi connectivity index (χ0n) is 14.2. The Morgan fingerprint density at radius 1 is 1.36 bits per heavy atom. The van der Waals surface area contributed by atoms with E-state index in [0.29, 0.717) is 13.0 Å². The fraction of sp³-hybridized carbons (Fsp3) is 0.444. The van der Waals surface area contributed by atoms with Crippen molar-refractivity contribution >= 4 is 22.7 Å². The minimum atomic E-state index is -0.722. The third-order valence-corrected chi connectivity index (χ3v) is 4.22. The Morgan fingerprint density at radius 3 is 2.96 bits per heavy atom. The molecule has 0 bridgehead atoms. The van der Waals surface area contributed by atoms with Gasteiger partial charge in [-0.05, 0) is 24.5 Å². The van der Waals surface area contributed by atoms with Crippen molar-refractivity contribution in [2.75, 3.05) is 6.61 Å². The average molecular weight is 345 g/mol. The minimum Gasteiger partial charge on any atom is -0.361 e. The summed E-state index contributed by atoms with van der Waals surface area (Å²) < 4.78 is 5.42. The highest BCUT2D eigenvalue weighted by atomic mass is 16.8. The molecule has 1 fully saturated rings. The van der Waals surface area contributed by atoms with E-state index in [0.717, 1.165) is 35.7 Å². The highest BCUT2D eigenvalue weighted by molar-refractivity contribution is 5.88. The van der Waals surface area contributed by atoms with E-state index in [9.17, 15) is 9.59 Å². The molecule has 0 spiro atoms. The van der Waals surface area contributed by atoms with Crippen LogP contribution in [-0.2, 0) is 25.6 Å². The van der Waals surface area contributed by atoms with E-state index in [1.54, 1.807) is 0 Å². The van der Waals surface area contributed by atoms with Crippen LogP contribution in [0.15, 0.2) is 30.5 Å². The van der Waals surface area contributed by atoms with Gasteiger partial charge in [-0.15, -0.1) is 0 Å². The van der Waals surface area contributed by atoms with Crippen LogP contribution in [0.4, 0.5) is 0 Å². The van der Waals surface area contributed by atoms with Crippen molar-refractivity contribution in [3.8, 4) is 0 Å². The first kappa shape index (κ1) is 17.4. The summed E-state index contributed by atoms with van der Waals surface area (Å²) in [5, 5.41) is 3.71. The summed E-state index contributed by atoms with van der Waals surface area (Å²) in [7, 11) is 0. The normalized spacial score (nSPS) is 18.7. The van der Waals surface area contributed by atoms with Crippen molar-refractivity contribution in [1.29, 1.82) is 0 Å². The number of benzene rings is 1. The Balaban J connectivity index is 1.66. The number of H-pyrrole nitrogens is 1. The SMILES string of the molecule is CC(=O)N[C@@H](Cc1c[nH]c2ccccc12)C(=O)NO[C@H]1CCCCO1. The summed E-state index contributed by atoms with van der Waals surface area (Å²) in [5.41, 5.74) is 4.38. The van der Waals surface area contributed by atoms with E-state index in [-0.39, 0.29) is 5.91 Å². The predicted molar refractivity (Wildman–Crippen MR) is 92.4 cm³/mol. The largest absolute Gasteiger partial charge is 0.361 e. The van der Waals surface area contributed by atoms with E-state index >= 15 is 0 Å². The molecule has 1 aliphatic heterocycles. The average Bonchev–Trinajstić information content (AvgIpc) is 3.03. The highest BCUT2D eigenvalue weighted by Crippen LogP contribution is 2.19.